The lowest BCUT2D eigenvalue weighted by Crippen LogP contribution is -2.51. The molecule has 2 aromatic carbocycles. The smallest absolute Gasteiger partial charge is 0.242 e. The van der Waals surface area contributed by atoms with Gasteiger partial charge in [-0.3, -0.25) is 9.59 Å². The van der Waals surface area contributed by atoms with Crippen LogP contribution in [-0.2, 0) is 16.0 Å². The lowest BCUT2D eigenvalue weighted by atomic mass is 10.0. The Labute approximate surface area is 174 Å². The van der Waals surface area contributed by atoms with Crippen molar-refractivity contribution in [1.82, 2.24) is 15.5 Å². The van der Waals surface area contributed by atoms with Crippen LogP contribution < -0.4 is 10.6 Å². The predicted molar refractivity (Wildman–Crippen MR) is 109 cm³/mol. The fourth-order valence-electron chi connectivity index (χ4n) is 3.20. The zero-order valence-electron chi connectivity index (χ0n) is 15.2. The molecule has 0 saturated carbocycles. The predicted octanol–water partition coefficient (Wildman–Crippen LogP) is 2.73. The maximum atomic E-state index is 13.2. The summed E-state index contributed by atoms with van der Waals surface area (Å²) in [5, 5.41) is 6.51. The Morgan fingerprint density at radius 3 is 2.75 bits per heavy atom. The molecule has 0 aromatic heterocycles. The highest BCUT2D eigenvalue weighted by Gasteiger charge is 2.29. The molecule has 1 atom stereocenters. The Balaban J connectivity index is 0.00000280. The summed E-state index contributed by atoms with van der Waals surface area (Å²) in [5.41, 5.74) is 1.45. The van der Waals surface area contributed by atoms with E-state index >= 15 is 0 Å². The van der Waals surface area contributed by atoms with E-state index in [2.05, 4.69) is 10.6 Å². The summed E-state index contributed by atoms with van der Waals surface area (Å²) in [6.07, 6.45) is 0.0283. The Bertz CT molecular complexity index is 835. The van der Waals surface area contributed by atoms with Crippen molar-refractivity contribution in [2.45, 2.75) is 12.5 Å². The van der Waals surface area contributed by atoms with E-state index in [1.807, 2.05) is 18.2 Å². The first-order chi connectivity index (χ1) is 13.0. The highest BCUT2D eigenvalue weighted by molar-refractivity contribution is 6.31. The topological polar surface area (TPSA) is 61.4 Å². The summed E-state index contributed by atoms with van der Waals surface area (Å²) in [5.74, 6) is -0.882. The minimum Gasteiger partial charge on any atom is -0.347 e. The van der Waals surface area contributed by atoms with E-state index < -0.39 is 0 Å². The van der Waals surface area contributed by atoms with E-state index in [4.69, 9.17) is 11.6 Å². The van der Waals surface area contributed by atoms with Gasteiger partial charge in [-0.25, -0.2) is 4.39 Å². The molecule has 150 valence electrons. The van der Waals surface area contributed by atoms with Gasteiger partial charge in [0.25, 0.3) is 0 Å². The van der Waals surface area contributed by atoms with Gasteiger partial charge in [-0.05, 0) is 29.3 Å². The van der Waals surface area contributed by atoms with Gasteiger partial charge in [0.2, 0.25) is 11.8 Å². The number of piperazine rings is 1. The molecule has 1 fully saturated rings. The lowest BCUT2D eigenvalue weighted by molar-refractivity contribution is -0.135. The van der Waals surface area contributed by atoms with Gasteiger partial charge in [-0.2, -0.15) is 0 Å². The first kappa shape index (κ1) is 22.1. The van der Waals surface area contributed by atoms with Crippen LogP contribution in [0.3, 0.4) is 0 Å². The SMILES string of the molecule is Cl.O=C(Cc1cccc(F)c1)NCC(=O)N1CCNCC1c1ccccc1Cl. The van der Waals surface area contributed by atoms with Crippen molar-refractivity contribution in [2.24, 2.45) is 0 Å². The van der Waals surface area contributed by atoms with Crippen LogP contribution in [0.5, 0.6) is 0 Å². The fraction of sp³-hybridized carbons (Fsp3) is 0.300. The number of amides is 2. The first-order valence-corrected chi connectivity index (χ1v) is 9.18. The van der Waals surface area contributed by atoms with Gasteiger partial charge in [0.05, 0.1) is 19.0 Å². The summed E-state index contributed by atoms with van der Waals surface area (Å²) in [6, 6.07) is 13.1. The number of carbonyl (C=O) groups is 2. The van der Waals surface area contributed by atoms with Crippen LogP contribution in [0.1, 0.15) is 17.2 Å². The number of nitrogens with zero attached hydrogens (tertiary/aromatic N) is 1. The molecule has 1 saturated heterocycles. The second-order valence-corrected chi connectivity index (χ2v) is 6.82. The van der Waals surface area contributed by atoms with Crippen LogP contribution in [0, 0.1) is 5.82 Å². The highest BCUT2D eigenvalue weighted by atomic mass is 35.5. The van der Waals surface area contributed by atoms with Gasteiger partial charge in [0.15, 0.2) is 0 Å². The molecule has 1 heterocycles. The monoisotopic (exact) mass is 425 g/mol. The van der Waals surface area contributed by atoms with E-state index in [0.717, 1.165) is 5.56 Å². The molecule has 2 amide bonds. The van der Waals surface area contributed by atoms with Crippen LogP contribution in [0.4, 0.5) is 4.39 Å². The van der Waals surface area contributed by atoms with E-state index in [-0.39, 0.29) is 49.0 Å². The van der Waals surface area contributed by atoms with E-state index in [0.29, 0.717) is 30.2 Å². The van der Waals surface area contributed by atoms with Crippen molar-refractivity contribution in [3.05, 3.63) is 70.5 Å². The molecule has 1 unspecified atom stereocenters. The number of hydrogen-bond acceptors (Lipinski definition) is 3. The second kappa shape index (κ2) is 10.4. The number of hydrogen-bond donors (Lipinski definition) is 2. The second-order valence-electron chi connectivity index (χ2n) is 6.41. The minimum absolute atomic E-state index is 0. The Kier molecular flexibility index (Phi) is 8.23. The standard InChI is InChI=1S/C20H21ClFN3O2.ClH/c21-17-7-2-1-6-16(17)18-12-23-8-9-25(18)20(27)13-24-19(26)11-14-4-3-5-15(22)10-14;/h1-7,10,18,23H,8-9,11-13H2,(H,24,26);1H. The van der Waals surface area contributed by atoms with Crippen molar-refractivity contribution >= 4 is 35.8 Å². The number of carbonyl (C=O) groups excluding carboxylic acids is 2. The van der Waals surface area contributed by atoms with Crippen LogP contribution in [-0.4, -0.2) is 42.9 Å². The van der Waals surface area contributed by atoms with Crippen molar-refractivity contribution < 1.29 is 14.0 Å². The largest absolute Gasteiger partial charge is 0.347 e. The van der Waals surface area contributed by atoms with Crippen molar-refractivity contribution in [1.29, 1.82) is 0 Å². The number of nitrogens with one attached hydrogen (secondary N) is 2. The molecule has 0 radical (unpaired) electrons. The van der Waals surface area contributed by atoms with Gasteiger partial charge in [0.1, 0.15) is 5.82 Å². The Morgan fingerprint density at radius 2 is 2.00 bits per heavy atom. The molecule has 28 heavy (non-hydrogen) atoms. The molecule has 5 nitrogen and oxygen atoms in total. The molecule has 0 spiro atoms. The number of benzene rings is 2. The Hall–Kier alpha value is -2.15. The number of halogens is 3. The van der Waals surface area contributed by atoms with Crippen LogP contribution >= 0.6 is 24.0 Å². The maximum Gasteiger partial charge on any atom is 0.242 e. The molecule has 1 aliphatic heterocycles. The molecular weight excluding hydrogens is 404 g/mol. The summed E-state index contributed by atoms with van der Waals surface area (Å²) in [6.45, 7) is 1.72. The quantitative estimate of drug-likeness (QED) is 0.773. The highest BCUT2D eigenvalue weighted by Crippen LogP contribution is 2.28. The third-order valence-corrected chi connectivity index (χ3v) is 4.86. The molecule has 2 aromatic rings. The summed E-state index contributed by atoms with van der Waals surface area (Å²) in [4.78, 5) is 26.5. The van der Waals surface area contributed by atoms with Crippen molar-refractivity contribution in [3.63, 3.8) is 0 Å². The molecular formula is C20H22Cl2FN3O2. The molecule has 3 rings (SSSR count). The van der Waals surface area contributed by atoms with E-state index in [1.54, 1.807) is 23.1 Å². The average Bonchev–Trinajstić information content (AvgIpc) is 2.66. The lowest BCUT2D eigenvalue weighted by Gasteiger charge is -2.37. The van der Waals surface area contributed by atoms with Crippen LogP contribution in [0.25, 0.3) is 0 Å². The zero-order valence-corrected chi connectivity index (χ0v) is 16.7. The minimum atomic E-state index is -0.389. The number of rotatable bonds is 5. The first-order valence-electron chi connectivity index (χ1n) is 8.80. The van der Waals surface area contributed by atoms with E-state index in [9.17, 15) is 14.0 Å². The van der Waals surface area contributed by atoms with Crippen LogP contribution in [0.15, 0.2) is 48.5 Å². The third-order valence-electron chi connectivity index (χ3n) is 4.52. The molecule has 2 N–H and O–H groups in total. The normalized spacial score (nSPS) is 16.2. The molecule has 8 heteroatoms. The van der Waals surface area contributed by atoms with Gasteiger partial charge in [-0.15, -0.1) is 12.4 Å². The van der Waals surface area contributed by atoms with Crippen LogP contribution in [0.2, 0.25) is 5.02 Å². The Morgan fingerprint density at radius 1 is 1.21 bits per heavy atom. The van der Waals surface area contributed by atoms with Crippen molar-refractivity contribution in [3.8, 4) is 0 Å². The third kappa shape index (κ3) is 5.67. The zero-order chi connectivity index (χ0) is 19.2. The van der Waals surface area contributed by atoms with Gasteiger partial charge in [0, 0.05) is 24.7 Å². The molecule has 0 bridgehead atoms. The van der Waals surface area contributed by atoms with Gasteiger partial charge < -0.3 is 15.5 Å². The summed E-state index contributed by atoms with van der Waals surface area (Å²) >= 11 is 6.29. The molecule has 1 aliphatic rings. The summed E-state index contributed by atoms with van der Waals surface area (Å²) in [7, 11) is 0. The van der Waals surface area contributed by atoms with E-state index in [1.165, 1.54) is 12.1 Å². The average molecular weight is 426 g/mol. The van der Waals surface area contributed by atoms with Crippen molar-refractivity contribution in [2.75, 3.05) is 26.2 Å². The fourth-order valence-corrected chi connectivity index (χ4v) is 3.46. The summed E-state index contributed by atoms with van der Waals surface area (Å²) < 4.78 is 13.2. The van der Waals surface area contributed by atoms with Gasteiger partial charge in [-0.1, -0.05) is 41.9 Å². The van der Waals surface area contributed by atoms with Gasteiger partial charge >= 0.3 is 0 Å². The maximum absolute atomic E-state index is 13.2. The molecule has 0 aliphatic carbocycles.